The number of hydrogen-bond acceptors (Lipinski definition) is 4. The van der Waals surface area contributed by atoms with Crippen LogP contribution in [0.15, 0.2) is 30.3 Å². The van der Waals surface area contributed by atoms with E-state index < -0.39 is 10.0 Å². The van der Waals surface area contributed by atoms with Crippen LogP contribution in [0.3, 0.4) is 0 Å². The molecule has 1 aliphatic carbocycles. The largest absolute Gasteiger partial charge is 0.494 e. The average molecular weight is 377 g/mol. The Labute approximate surface area is 157 Å². The molecular formula is C19H28BNO4S. The van der Waals surface area contributed by atoms with E-state index in [0.717, 1.165) is 24.7 Å². The molecule has 5 nitrogen and oxygen atoms in total. The lowest BCUT2D eigenvalue weighted by Gasteiger charge is -2.32. The van der Waals surface area contributed by atoms with Crippen molar-refractivity contribution in [1.82, 2.24) is 4.72 Å². The van der Waals surface area contributed by atoms with Gasteiger partial charge in [0.15, 0.2) is 0 Å². The second-order valence-corrected chi connectivity index (χ2v) is 10.1. The van der Waals surface area contributed by atoms with Gasteiger partial charge in [-0.05, 0) is 63.6 Å². The fourth-order valence-electron chi connectivity index (χ4n) is 3.34. The summed E-state index contributed by atoms with van der Waals surface area (Å²) in [5.74, 6) is 0. The van der Waals surface area contributed by atoms with Crippen LogP contribution in [0.2, 0.25) is 0 Å². The maximum atomic E-state index is 11.4. The number of hydrogen-bond donors (Lipinski definition) is 1. The first-order valence-corrected chi connectivity index (χ1v) is 11.0. The van der Waals surface area contributed by atoms with Crippen molar-refractivity contribution in [3.8, 4) is 0 Å². The molecule has 0 saturated carbocycles. The molecule has 0 spiro atoms. The van der Waals surface area contributed by atoms with Crippen molar-refractivity contribution in [1.29, 1.82) is 0 Å². The summed E-state index contributed by atoms with van der Waals surface area (Å²) in [6.07, 6.45) is 5.75. The van der Waals surface area contributed by atoms with Gasteiger partial charge < -0.3 is 9.31 Å². The van der Waals surface area contributed by atoms with Crippen molar-refractivity contribution in [2.24, 2.45) is 0 Å². The van der Waals surface area contributed by atoms with Crippen LogP contribution in [0.4, 0.5) is 0 Å². The van der Waals surface area contributed by atoms with Crippen molar-refractivity contribution >= 4 is 28.2 Å². The van der Waals surface area contributed by atoms with Gasteiger partial charge in [0.2, 0.25) is 10.0 Å². The lowest BCUT2D eigenvalue weighted by atomic mass is 9.78. The van der Waals surface area contributed by atoms with E-state index in [9.17, 15) is 8.42 Å². The molecular weight excluding hydrogens is 349 g/mol. The van der Waals surface area contributed by atoms with E-state index in [1.54, 1.807) is 0 Å². The van der Waals surface area contributed by atoms with E-state index >= 15 is 0 Å². The summed E-state index contributed by atoms with van der Waals surface area (Å²) in [4.78, 5) is 0. The standard InChI is InChI=1S/C19H28BNO4S/c1-18(2)19(3,4)25-20(24-18)16-10-6-14(7-11-16)15-8-12-17(13-9-15)21-26(5,22)23/h6-8,10-11,17,21H,9,12-13H2,1-5H3. The predicted octanol–water partition coefficient (Wildman–Crippen LogP) is 2.47. The maximum absolute atomic E-state index is 11.4. The molecule has 1 aliphatic heterocycles. The molecule has 3 rings (SSSR count). The highest BCUT2D eigenvalue weighted by Gasteiger charge is 2.51. The van der Waals surface area contributed by atoms with E-state index in [0.29, 0.717) is 0 Å². The molecule has 1 N–H and O–H groups in total. The van der Waals surface area contributed by atoms with Crippen molar-refractivity contribution in [3.05, 3.63) is 35.9 Å². The first-order valence-electron chi connectivity index (χ1n) is 9.09. The minimum absolute atomic E-state index is 0.00206. The van der Waals surface area contributed by atoms with Gasteiger partial charge in [0.05, 0.1) is 17.5 Å². The molecule has 1 unspecified atom stereocenters. The summed E-state index contributed by atoms with van der Waals surface area (Å²) in [5, 5.41) is 0. The normalized spacial score (nSPS) is 25.2. The molecule has 1 saturated heterocycles. The highest BCUT2D eigenvalue weighted by Crippen LogP contribution is 2.36. The molecule has 1 aromatic carbocycles. The summed E-state index contributed by atoms with van der Waals surface area (Å²) < 4.78 is 37.6. The Hall–Kier alpha value is -1.15. The molecule has 2 aliphatic rings. The van der Waals surface area contributed by atoms with Crippen LogP contribution in [-0.4, -0.2) is 39.0 Å². The highest BCUT2D eigenvalue weighted by atomic mass is 32.2. The molecule has 1 heterocycles. The van der Waals surface area contributed by atoms with Gasteiger partial charge in [-0.15, -0.1) is 0 Å². The van der Waals surface area contributed by atoms with Crippen molar-refractivity contribution < 1.29 is 17.7 Å². The first-order chi connectivity index (χ1) is 12.0. The SMILES string of the molecule is CC1(C)OB(c2ccc(C3=CCC(NS(C)(=O)=O)CC3)cc2)OC1(C)C. The first kappa shape index (κ1) is 19.6. The molecule has 0 amide bonds. The van der Waals surface area contributed by atoms with Gasteiger partial charge in [0.25, 0.3) is 0 Å². The van der Waals surface area contributed by atoms with Crippen LogP contribution >= 0.6 is 0 Å². The Morgan fingerprint density at radius 1 is 1.08 bits per heavy atom. The summed E-state index contributed by atoms with van der Waals surface area (Å²) in [5.41, 5.74) is 2.76. The third-order valence-electron chi connectivity index (χ3n) is 5.60. The van der Waals surface area contributed by atoms with Crippen molar-refractivity contribution in [2.75, 3.05) is 6.26 Å². The van der Waals surface area contributed by atoms with E-state index in [1.165, 1.54) is 17.4 Å². The summed E-state index contributed by atoms with van der Waals surface area (Å²) >= 11 is 0. The van der Waals surface area contributed by atoms with Gasteiger partial charge in [-0.2, -0.15) is 0 Å². The lowest BCUT2D eigenvalue weighted by Crippen LogP contribution is -2.41. The minimum Gasteiger partial charge on any atom is -0.399 e. The van der Waals surface area contributed by atoms with Crippen LogP contribution in [0.1, 0.15) is 52.5 Å². The van der Waals surface area contributed by atoms with Gasteiger partial charge in [-0.1, -0.05) is 30.3 Å². The van der Waals surface area contributed by atoms with Gasteiger partial charge in [-0.25, -0.2) is 13.1 Å². The molecule has 1 fully saturated rings. The van der Waals surface area contributed by atoms with Gasteiger partial charge in [-0.3, -0.25) is 0 Å². The average Bonchev–Trinajstić information content (AvgIpc) is 2.75. The van der Waals surface area contributed by atoms with E-state index in [-0.39, 0.29) is 24.4 Å². The maximum Gasteiger partial charge on any atom is 0.494 e. The Morgan fingerprint density at radius 2 is 1.65 bits per heavy atom. The van der Waals surface area contributed by atoms with E-state index in [4.69, 9.17) is 9.31 Å². The summed E-state index contributed by atoms with van der Waals surface area (Å²) in [6.45, 7) is 8.20. The van der Waals surface area contributed by atoms with Crippen molar-refractivity contribution in [2.45, 2.75) is 64.2 Å². The van der Waals surface area contributed by atoms with Crippen LogP contribution in [0, 0.1) is 0 Å². The lowest BCUT2D eigenvalue weighted by molar-refractivity contribution is 0.00578. The zero-order chi connectivity index (χ0) is 19.2. The van der Waals surface area contributed by atoms with Crippen molar-refractivity contribution in [3.63, 3.8) is 0 Å². The minimum atomic E-state index is -3.15. The van der Waals surface area contributed by atoms with Gasteiger partial charge in [0, 0.05) is 6.04 Å². The molecule has 0 radical (unpaired) electrons. The monoisotopic (exact) mass is 377 g/mol. The predicted molar refractivity (Wildman–Crippen MR) is 106 cm³/mol. The molecule has 7 heteroatoms. The Bertz CT molecular complexity index is 783. The zero-order valence-electron chi connectivity index (χ0n) is 16.2. The van der Waals surface area contributed by atoms with Crippen LogP contribution in [0.25, 0.3) is 5.57 Å². The number of nitrogens with one attached hydrogen (secondary N) is 1. The number of rotatable bonds is 4. The molecule has 142 valence electrons. The highest BCUT2D eigenvalue weighted by molar-refractivity contribution is 7.88. The molecule has 0 bridgehead atoms. The number of sulfonamides is 1. The Morgan fingerprint density at radius 3 is 2.12 bits per heavy atom. The van der Waals surface area contributed by atoms with Crippen LogP contribution in [0.5, 0.6) is 0 Å². The Balaban J connectivity index is 1.68. The molecule has 1 atom stereocenters. The summed E-state index contributed by atoms with van der Waals surface area (Å²) in [7, 11) is -3.50. The fraction of sp³-hybridized carbons (Fsp3) is 0.579. The van der Waals surface area contributed by atoms with Gasteiger partial charge >= 0.3 is 7.12 Å². The second-order valence-electron chi connectivity index (χ2n) is 8.30. The third-order valence-corrected chi connectivity index (χ3v) is 6.36. The molecule has 26 heavy (non-hydrogen) atoms. The number of benzene rings is 1. The number of allylic oxidation sites excluding steroid dienone is 1. The second kappa shape index (κ2) is 6.78. The third kappa shape index (κ3) is 4.22. The van der Waals surface area contributed by atoms with Gasteiger partial charge in [0.1, 0.15) is 0 Å². The Kier molecular flexibility index (Phi) is 5.12. The smallest absolute Gasteiger partial charge is 0.399 e. The molecule has 0 aromatic heterocycles. The topological polar surface area (TPSA) is 64.6 Å². The van der Waals surface area contributed by atoms with E-state index in [1.807, 2.05) is 0 Å². The van der Waals surface area contributed by atoms with Crippen LogP contribution < -0.4 is 10.2 Å². The summed E-state index contributed by atoms with van der Waals surface area (Å²) in [6, 6.07) is 8.29. The van der Waals surface area contributed by atoms with Crippen LogP contribution in [-0.2, 0) is 19.3 Å². The van der Waals surface area contributed by atoms with E-state index in [2.05, 4.69) is 62.8 Å². The fourth-order valence-corrected chi connectivity index (χ4v) is 4.16. The molecule has 1 aromatic rings. The quantitative estimate of drug-likeness (QED) is 0.819. The zero-order valence-corrected chi connectivity index (χ0v) is 17.0.